The zero-order valence-corrected chi connectivity index (χ0v) is 21.2. The standard InChI is InChI=1S/C26H26F3NO6S/c1-18-7-4-5-10-22(18)25(31)30(13-14-34-2)17-19-11-12-23(35-3)24(15-19)36-37(32,33)21-9-6-8-20(16-21)26(27,28)29/h4-12,15-16H,13-14,17H2,1-3H3. The topological polar surface area (TPSA) is 82.1 Å². The van der Waals surface area contributed by atoms with Crippen molar-refractivity contribution < 1.29 is 40.0 Å². The molecule has 0 spiro atoms. The lowest BCUT2D eigenvalue weighted by Gasteiger charge is -2.24. The lowest BCUT2D eigenvalue weighted by Crippen LogP contribution is -2.33. The summed E-state index contributed by atoms with van der Waals surface area (Å²) >= 11 is 0. The Morgan fingerprint density at radius 1 is 0.946 bits per heavy atom. The molecule has 0 bridgehead atoms. The summed E-state index contributed by atoms with van der Waals surface area (Å²) in [7, 11) is -1.83. The molecule has 0 aliphatic rings. The van der Waals surface area contributed by atoms with Crippen LogP contribution in [0.5, 0.6) is 11.5 Å². The first-order valence-electron chi connectivity index (χ1n) is 11.1. The summed E-state index contributed by atoms with van der Waals surface area (Å²) in [4.78, 5) is 14.1. The monoisotopic (exact) mass is 537 g/mol. The van der Waals surface area contributed by atoms with Crippen LogP contribution in [-0.4, -0.2) is 46.6 Å². The molecule has 37 heavy (non-hydrogen) atoms. The molecule has 7 nitrogen and oxygen atoms in total. The van der Waals surface area contributed by atoms with Crippen molar-refractivity contribution in [3.8, 4) is 11.5 Å². The number of halogens is 3. The number of ether oxygens (including phenoxy) is 2. The van der Waals surface area contributed by atoms with Crippen LogP contribution in [0.15, 0.2) is 71.6 Å². The van der Waals surface area contributed by atoms with Crippen molar-refractivity contribution in [1.29, 1.82) is 0 Å². The van der Waals surface area contributed by atoms with Gasteiger partial charge in [-0.3, -0.25) is 4.79 Å². The van der Waals surface area contributed by atoms with Crippen LogP contribution in [0.2, 0.25) is 0 Å². The van der Waals surface area contributed by atoms with E-state index in [-0.39, 0.29) is 37.1 Å². The number of methoxy groups -OCH3 is 2. The molecule has 0 aliphatic heterocycles. The van der Waals surface area contributed by atoms with Gasteiger partial charge in [0.05, 0.1) is 19.3 Å². The fourth-order valence-corrected chi connectivity index (χ4v) is 4.52. The molecule has 0 unspecified atom stereocenters. The SMILES string of the molecule is COCCN(Cc1ccc(OC)c(OS(=O)(=O)c2cccc(C(F)(F)F)c2)c1)C(=O)c1ccccc1C. The Bertz CT molecular complexity index is 1360. The van der Waals surface area contributed by atoms with E-state index in [2.05, 4.69) is 0 Å². The summed E-state index contributed by atoms with van der Waals surface area (Å²) in [5, 5.41) is 0. The van der Waals surface area contributed by atoms with Crippen LogP contribution in [0, 0.1) is 6.92 Å². The fourth-order valence-electron chi connectivity index (χ4n) is 3.54. The molecule has 1 amide bonds. The Balaban J connectivity index is 1.92. The number of benzene rings is 3. The minimum atomic E-state index is -4.72. The summed E-state index contributed by atoms with van der Waals surface area (Å²) in [5.74, 6) is -0.426. The lowest BCUT2D eigenvalue weighted by atomic mass is 10.1. The molecular weight excluding hydrogens is 511 g/mol. The predicted molar refractivity (Wildman–Crippen MR) is 130 cm³/mol. The minimum absolute atomic E-state index is 0.0490. The van der Waals surface area contributed by atoms with Crippen molar-refractivity contribution in [1.82, 2.24) is 4.90 Å². The molecule has 198 valence electrons. The average Bonchev–Trinajstić information content (AvgIpc) is 2.86. The van der Waals surface area contributed by atoms with Gasteiger partial charge in [0.2, 0.25) is 0 Å². The van der Waals surface area contributed by atoms with Crippen molar-refractivity contribution in [3.05, 3.63) is 89.0 Å². The molecular formula is C26H26F3NO6S. The van der Waals surface area contributed by atoms with E-state index in [9.17, 15) is 26.4 Å². The highest BCUT2D eigenvalue weighted by atomic mass is 32.2. The molecule has 11 heteroatoms. The molecule has 3 aromatic rings. The lowest BCUT2D eigenvalue weighted by molar-refractivity contribution is -0.137. The first kappa shape index (κ1) is 28.0. The van der Waals surface area contributed by atoms with Gasteiger partial charge < -0.3 is 18.6 Å². The van der Waals surface area contributed by atoms with Crippen molar-refractivity contribution >= 4 is 16.0 Å². The summed E-state index contributed by atoms with van der Waals surface area (Å²) in [6.45, 7) is 2.43. The number of carbonyl (C=O) groups excluding carboxylic acids is 1. The molecule has 0 saturated carbocycles. The average molecular weight is 538 g/mol. The van der Waals surface area contributed by atoms with Crippen LogP contribution < -0.4 is 8.92 Å². The second kappa shape index (κ2) is 11.7. The van der Waals surface area contributed by atoms with Gasteiger partial charge in [0.15, 0.2) is 11.5 Å². The van der Waals surface area contributed by atoms with Crippen LogP contribution in [0.4, 0.5) is 13.2 Å². The highest BCUT2D eigenvalue weighted by molar-refractivity contribution is 7.87. The van der Waals surface area contributed by atoms with Crippen LogP contribution in [-0.2, 0) is 27.6 Å². The molecule has 0 radical (unpaired) electrons. The summed E-state index contributed by atoms with van der Waals surface area (Å²) in [6.07, 6.45) is -4.72. The van der Waals surface area contributed by atoms with E-state index in [1.165, 1.54) is 26.4 Å². The van der Waals surface area contributed by atoms with Gasteiger partial charge in [-0.2, -0.15) is 21.6 Å². The van der Waals surface area contributed by atoms with E-state index in [4.69, 9.17) is 13.7 Å². The molecule has 0 fully saturated rings. The Kier molecular flexibility index (Phi) is 8.82. The molecule has 0 saturated heterocycles. The second-order valence-corrected chi connectivity index (χ2v) is 9.63. The number of alkyl halides is 3. The van der Waals surface area contributed by atoms with Crippen molar-refractivity contribution in [2.75, 3.05) is 27.4 Å². The first-order chi connectivity index (χ1) is 17.5. The third-order valence-electron chi connectivity index (χ3n) is 5.48. The molecule has 3 aromatic carbocycles. The highest BCUT2D eigenvalue weighted by Gasteiger charge is 2.32. The maximum absolute atomic E-state index is 13.2. The van der Waals surface area contributed by atoms with E-state index in [1.54, 1.807) is 23.1 Å². The Labute approximate surface area is 213 Å². The third-order valence-corrected chi connectivity index (χ3v) is 6.71. The third kappa shape index (κ3) is 7.01. The molecule has 3 rings (SSSR count). The maximum atomic E-state index is 13.2. The Morgan fingerprint density at radius 2 is 1.68 bits per heavy atom. The van der Waals surface area contributed by atoms with Crippen LogP contribution in [0.25, 0.3) is 0 Å². The van der Waals surface area contributed by atoms with E-state index in [1.807, 2.05) is 19.1 Å². The van der Waals surface area contributed by atoms with Crippen molar-refractivity contribution in [2.45, 2.75) is 24.5 Å². The number of hydrogen-bond acceptors (Lipinski definition) is 6. The van der Waals surface area contributed by atoms with E-state index in [0.29, 0.717) is 17.2 Å². The van der Waals surface area contributed by atoms with Gasteiger partial charge in [-0.15, -0.1) is 0 Å². The van der Waals surface area contributed by atoms with Crippen molar-refractivity contribution in [2.24, 2.45) is 0 Å². The number of amides is 1. The van der Waals surface area contributed by atoms with Gasteiger partial charge in [0.1, 0.15) is 4.90 Å². The number of hydrogen-bond donors (Lipinski definition) is 0. The number of carbonyl (C=O) groups is 1. The zero-order valence-electron chi connectivity index (χ0n) is 20.4. The summed E-state index contributed by atoms with van der Waals surface area (Å²) in [6, 6.07) is 14.8. The largest absolute Gasteiger partial charge is 0.493 e. The summed E-state index contributed by atoms with van der Waals surface area (Å²) in [5.41, 5.74) is 0.686. The van der Waals surface area contributed by atoms with E-state index in [0.717, 1.165) is 23.8 Å². The normalized spacial score (nSPS) is 11.7. The van der Waals surface area contributed by atoms with Crippen LogP contribution in [0.1, 0.15) is 27.0 Å². The van der Waals surface area contributed by atoms with Crippen LogP contribution >= 0.6 is 0 Å². The fraction of sp³-hybridized carbons (Fsp3) is 0.269. The van der Waals surface area contributed by atoms with E-state index < -0.39 is 26.8 Å². The van der Waals surface area contributed by atoms with Crippen LogP contribution in [0.3, 0.4) is 0 Å². The zero-order chi connectivity index (χ0) is 27.2. The molecule has 0 aromatic heterocycles. The Hall–Kier alpha value is -3.57. The van der Waals surface area contributed by atoms with Gasteiger partial charge >= 0.3 is 16.3 Å². The molecule has 0 atom stereocenters. The summed E-state index contributed by atoms with van der Waals surface area (Å²) < 4.78 is 80.4. The number of aryl methyl sites for hydroxylation is 1. The van der Waals surface area contributed by atoms with Gasteiger partial charge in [-0.25, -0.2) is 0 Å². The molecule has 0 heterocycles. The highest BCUT2D eigenvalue weighted by Crippen LogP contribution is 2.34. The van der Waals surface area contributed by atoms with Gasteiger partial charge in [0, 0.05) is 25.8 Å². The van der Waals surface area contributed by atoms with E-state index >= 15 is 0 Å². The number of nitrogens with zero attached hydrogens (tertiary/aromatic N) is 1. The van der Waals surface area contributed by atoms with Crippen molar-refractivity contribution in [3.63, 3.8) is 0 Å². The first-order valence-corrected chi connectivity index (χ1v) is 12.5. The minimum Gasteiger partial charge on any atom is -0.493 e. The predicted octanol–water partition coefficient (Wildman–Crippen LogP) is 5.08. The van der Waals surface area contributed by atoms with Gasteiger partial charge in [0.25, 0.3) is 5.91 Å². The quantitative estimate of drug-likeness (QED) is 0.336. The molecule has 0 aliphatic carbocycles. The van der Waals surface area contributed by atoms with Gasteiger partial charge in [-0.05, 0) is 54.4 Å². The Morgan fingerprint density at radius 3 is 2.32 bits per heavy atom. The molecule has 0 N–H and O–H groups in total. The smallest absolute Gasteiger partial charge is 0.416 e. The maximum Gasteiger partial charge on any atom is 0.416 e. The van der Waals surface area contributed by atoms with Gasteiger partial charge in [-0.1, -0.05) is 30.3 Å². The number of rotatable bonds is 10. The second-order valence-electron chi connectivity index (χ2n) is 8.08.